The van der Waals surface area contributed by atoms with E-state index in [0.717, 1.165) is 27.7 Å². The number of aliphatic hydroxyl groups excluding tert-OH is 25. The summed E-state index contributed by atoms with van der Waals surface area (Å²) in [6, 6.07) is -7.42. The highest BCUT2D eigenvalue weighted by Crippen LogP contribution is 2.40. The summed E-state index contributed by atoms with van der Waals surface area (Å²) in [4.78, 5) is 50.9. The number of ether oxygens (including phenoxy) is 17. The van der Waals surface area contributed by atoms with Gasteiger partial charge in [0.05, 0.1) is 59.5 Å². The molecule has 9 heterocycles. The van der Waals surface area contributed by atoms with Gasteiger partial charge in [-0.05, 0) is 0 Å². The zero-order chi connectivity index (χ0) is 82.5. The van der Waals surface area contributed by atoms with Crippen molar-refractivity contribution >= 4 is 23.6 Å². The minimum atomic E-state index is -2.57. The van der Waals surface area contributed by atoms with E-state index >= 15 is 0 Å². The summed E-state index contributed by atoms with van der Waals surface area (Å²) in [5.74, 6) is -3.62. The Balaban J connectivity index is 1.05. The summed E-state index contributed by atoms with van der Waals surface area (Å²) in [6.45, 7) is -6.01. The number of amides is 4. The molecule has 29 N–H and O–H groups in total. The molecule has 9 fully saturated rings. The smallest absolute Gasteiger partial charge is 0.217 e. The number of hydrogen-bond acceptors (Lipinski definition) is 46. The fourth-order valence-electron chi connectivity index (χ4n) is 14.5. The monoisotopic (exact) mass is 1640 g/mol. The molecule has 50 heteroatoms. The van der Waals surface area contributed by atoms with Crippen LogP contribution in [0.25, 0.3) is 0 Å². The van der Waals surface area contributed by atoms with Gasteiger partial charge in [-0.25, -0.2) is 0 Å². The van der Waals surface area contributed by atoms with Gasteiger partial charge in [0, 0.05) is 27.7 Å². The van der Waals surface area contributed by atoms with Crippen molar-refractivity contribution in [2.24, 2.45) is 0 Å². The Morgan fingerprint density at radius 1 is 0.232 bits per heavy atom. The zero-order valence-electron chi connectivity index (χ0n) is 60.1. The van der Waals surface area contributed by atoms with Crippen molar-refractivity contribution in [1.29, 1.82) is 0 Å². The maximum absolute atomic E-state index is 13.0. The molecule has 0 saturated carbocycles. The molecule has 9 aliphatic heterocycles. The van der Waals surface area contributed by atoms with Crippen molar-refractivity contribution in [1.82, 2.24) is 21.3 Å². The van der Waals surface area contributed by atoms with Crippen LogP contribution in [0.1, 0.15) is 27.7 Å². The van der Waals surface area contributed by atoms with Crippen LogP contribution >= 0.6 is 0 Å². The van der Waals surface area contributed by atoms with Gasteiger partial charge >= 0.3 is 0 Å². The van der Waals surface area contributed by atoms with Crippen LogP contribution in [0.2, 0.25) is 0 Å². The number of hydrogen-bond donors (Lipinski definition) is 29. The molecule has 0 spiro atoms. The van der Waals surface area contributed by atoms with Gasteiger partial charge in [-0.2, -0.15) is 0 Å². The fraction of sp³-hybridized carbons (Fsp3) is 0.935. The quantitative estimate of drug-likeness (QED) is 0.0331. The van der Waals surface area contributed by atoms with Crippen LogP contribution in [0.15, 0.2) is 0 Å². The molecule has 4 amide bonds. The molecule has 0 bridgehead atoms. The lowest BCUT2D eigenvalue weighted by atomic mass is 9.93. The molecule has 0 aliphatic carbocycles. The molecule has 9 aliphatic rings. The summed E-state index contributed by atoms with van der Waals surface area (Å²) < 4.78 is 101. The zero-order valence-corrected chi connectivity index (χ0v) is 60.1. The highest BCUT2D eigenvalue weighted by Gasteiger charge is 2.61. The van der Waals surface area contributed by atoms with Gasteiger partial charge in [-0.1, -0.05) is 0 Å². The first-order valence-electron chi connectivity index (χ1n) is 35.6. The Bertz CT molecular complexity index is 2970. The number of rotatable bonds is 29. The predicted octanol–water partition coefficient (Wildman–Crippen LogP) is -20.1. The largest absolute Gasteiger partial charge is 0.394 e. The van der Waals surface area contributed by atoms with Crippen molar-refractivity contribution in [3.8, 4) is 0 Å². The second kappa shape index (κ2) is 40.3. The first-order chi connectivity index (χ1) is 53.0. The van der Waals surface area contributed by atoms with Crippen LogP contribution in [0.5, 0.6) is 0 Å². The van der Waals surface area contributed by atoms with Crippen molar-refractivity contribution in [2.45, 2.75) is 304 Å². The molecule has 45 atom stereocenters. The average molecular weight is 1640 g/mol. The molecule has 9 saturated heterocycles. The van der Waals surface area contributed by atoms with Crippen molar-refractivity contribution in [3.05, 3.63) is 0 Å². The molecule has 0 aromatic heterocycles. The first-order valence-corrected chi connectivity index (χ1v) is 35.6. The lowest BCUT2D eigenvalue weighted by Gasteiger charge is -2.51. The highest BCUT2D eigenvalue weighted by atomic mass is 16.8. The third-order valence-corrected chi connectivity index (χ3v) is 20.4. The molecule has 0 radical (unpaired) electrons. The number of carbonyl (C=O) groups is 4. The van der Waals surface area contributed by atoms with E-state index in [1.165, 1.54) is 0 Å². The second-order valence-electron chi connectivity index (χ2n) is 28.2. The van der Waals surface area contributed by atoms with Crippen molar-refractivity contribution < 1.29 is 227 Å². The van der Waals surface area contributed by atoms with Crippen LogP contribution in [0, 0.1) is 0 Å². The van der Waals surface area contributed by atoms with Gasteiger partial charge in [-0.3, -0.25) is 19.2 Å². The highest BCUT2D eigenvalue weighted by molar-refractivity contribution is 5.74. The normalized spacial score (nSPS) is 48.9. The number of aliphatic hydroxyl groups is 25. The first kappa shape index (κ1) is 92.1. The average Bonchev–Trinajstić information content (AvgIpc) is 0.769. The third kappa shape index (κ3) is 20.2. The van der Waals surface area contributed by atoms with E-state index in [9.17, 15) is 147 Å². The predicted molar refractivity (Wildman–Crippen MR) is 343 cm³/mol. The fourth-order valence-corrected chi connectivity index (χ4v) is 14.5. The van der Waals surface area contributed by atoms with Crippen LogP contribution in [0.3, 0.4) is 0 Å². The second-order valence-corrected chi connectivity index (χ2v) is 28.2. The lowest BCUT2D eigenvalue weighted by Crippen LogP contribution is -2.71. The van der Waals surface area contributed by atoms with Crippen LogP contribution in [-0.4, -0.2) is 487 Å². The molecular weight excluding hydrogens is 1540 g/mol. The van der Waals surface area contributed by atoms with Crippen LogP contribution in [-0.2, 0) is 99.7 Å². The van der Waals surface area contributed by atoms with Crippen molar-refractivity contribution in [2.75, 3.05) is 59.5 Å². The summed E-state index contributed by atoms with van der Waals surface area (Å²) in [7, 11) is 0. The number of carbonyl (C=O) groups excluding carboxylic acids is 4. The Kier molecular flexibility index (Phi) is 33.1. The van der Waals surface area contributed by atoms with E-state index in [4.69, 9.17) is 80.5 Å². The Labute approximate surface area is 634 Å². The van der Waals surface area contributed by atoms with Gasteiger partial charge in [0.1, 0.15) is 219 Å². The minimum absolute atomic E-state index is 0.788. The van der Waals surface area contributed by atoms with Gasteiger partial charge in [0.15, 0.2) is 56.6 Å². The summed E-state index contributed by atoms with van der Waals surface area (Å²) in [5.41, 5.74) is 0. The molecule has 112 heavy (non-hydrogen) atoms. The van der Waals surface area contributed by atoms with E-state index in [0.29, 0.717) is 0 Å². The Morgan fingerprint density at radius 3 is 0.830 bits per heavy atom. The van der Waals surface area contributed by atoms with E-state index < -0.39 is 359 Å². The summed E-state index contributed by atoms with van der Waals surface area (Å²) >= 11 is 0. The topological polar surface area (TPSA) is 779 Å². The van der Waals surface area contributed by atoms with E-state index in [2.05, 4.69) is 21.3 Å². The molecule has 648 valence electrons. The molecule has 50 nitrogen and oxygen atoms in total. The molecular formula is C62H104N4O46. The van der Waals surface area contributed by atoms with Crippen LogP contribution in [0.4, 0.5) is 0 Å². The molecule has 9 rings (SSSR count). The molecule has 0 aromatic rings. The van der Waals surface area contributed by atoms with E-state index in [-0.39, 0.29) is 0 Å². The van der Waals surface area contributed by atoms with E-state index in [1.807, 2.05) is 0 Å². The maximum atomic E-state index is 13.0. The third-order valence-electron chi connectivity index (χ3n) is 20.4. The van der Waals surface area contributed by atoms with Crippen molar-refractivity contribution in [3.63, 3.8) is 0 Å². The SMILES string of the molecule is CC(=O)N[C@H]1[C@H](O[C@H]2[C@H](O)[C@@H](NC(C)=O)C(O)O[C@@H]2CO)O[C@H](CO)[C@@H](O[C@@H]2O[C@H](CO[C@H]3O[C@H](CO)[C@@H](O)[C@H](O)[C@@H]3O[C@@H]3O[C@H](CO)[C@@H](O[C@@H]4O[C@H](CO)[C@H](O)[C@H](O)[C@H]4O)[C@H](O)[C@H]3NC(C)=O)[C@@H](O)[C@H](O[C@H]3O[C@H](CO)[C@@H](O)[C@H](O)[C@@H]3O[C@@H]3O[C@H](CO)[C@@H](O[C@@H]4O[C@H](CO)[C@H](O)[C@H](O)[C@H]4O)[C@H](O)[C@H]3NC(C)=O)[C@@H]2O)[C@@H]1O. The summed E-state index contributed by atoms with van der Waals surface area (Å²) in [6.07, 6.45) is -85.1. The van der Waals surface area contributed by atoms with E-state index in [1.54, 1.807) is 0 Å². The Morgan fingerprint density at radius 2 is 0.482 bits per heavy atom. The summed E-state index contributed by atoms with van der Waals surface area (Å²) in [5, 5.41) is 286. The Hall–Kier alpha value is -3.80. The number of nitrogens with one attached hydrogen (secondary N) is 4. The maximum Gasteiger partial charge on any atom is 0.217 e. The van der Waals surface area contributed by atoms with Gasteiger partial charge < -0.3 is 229 Å². The van der Waals surface area contributed by atoms with Gasteiger partial charge in [0.2, 0.25) is 23.6 Å². The lowest BCUT2D eigenvalue weighted by molar-refractivity contribution is -0.399. The molecule has 0 aromatic carbocycles. The van der Waals surface area contributed by atoms with Gasteiger partial charge in [-0.15, -0.1) is 0 Å². The van der Waals surface area contributed by atoms with Crippen LogP contribution < -0.4 is 21.3 Å². The van der Waals surface area contributed by atoms with Gasteiger partial charge in [0.25, 0.3) is 0 Å². The molecule has 1 unspecified atom stereocenters. The minimum Gasteiger partial charge on any atom is -0.394 e. The standard InChI is InChI=1S/C62H104N4O46/c1-14(75)63-27-36(84)47(22(9-71)97-54(27)95)106-55-28(64-15(2)76)37(85)50(25(12-74)102-55)109-60-46(94)51(110-62-53(43(91)34(82)21(8-70)101-62)112-57-30(66-17(4)78)39(87)49(24(11-73)104-57)108-59-45(93)41(89)32(80)19(6-68)99-59)35(83)26(105-60)13-96-61-52(42(90)33(81)20(7-69)100-61)111-56-29(65-16(3)77)38(86)48(23(10-72)103-56)107-58-44(92)40(88)31(79)18(5-67)98-58/h18-62,67-74,79-95H,5-13H2,1-4H3,(H,63,75)(H,64,76)(H,65,77)(H,66,78)/t18-,19-,20-,21-,22-,23-,24-,25-,26-,27-,28-,29-,30-,31+,32+,33-,34-,35-,36-,37-,38-,39-,40+,41+,42+,43+,44-,45-,46+,47-,48-,49-,50-,51+,52+,53+,54?,55+,56+,57+,58+,59+,60+,61+,62-/m1/s1.